The van der Waals surface area contributed by atoms with Crippen molar-refractivity contribution in [1.29, 1.82) is 0 Å². The van der Waals surface area contributed by atoms with E-state index in [0.29, 0.717) is 25.9 Å². The molecule has 0 N–H and O–H groups in total. The zero-order valence-corrected chi connectivity index (χ0v) is 12.6. The van der Waals surface area contributed by atoms with E-state index < -0.39 is 17.1 Å². The fourth-order valence-corrected chi connectivity index (χ4v) is 2.21. The van der Waals surface area contributed by atoms with Crippen LogP contribution in [0.25, 0.3) is 0 Å². The summed E-state index contributed by atoms with van der Waals surface area (Å²) in [6.07, 6.45) is 4.94. The molecule has 0 saturated carbocycles. The van der Waals surface area contributed by atoms with Crippen LogP contribution < -0.4 is 17.1 Å². The summed E-state index contributed by atoms with van der Waals surface area (Å²) in [6, 6.07) is 0. The van der Waals surface area contributed by atoms with E-state index in [2.05, 4.69) is 13.2 Å². The van der Waals surface area contributed by atoms with Crippen LogP contribution in [0.15, 0.2) is 39.7 Å². The lowest BCUT2D eigenvalue weighted by Crippen LogP contribution is -2.54. The molecule has 1 saturated heterocycles. The SMILES string of the molecule is C=CCCn1c(=O)n(CCC=C)c(=O)n(CCC2CO2)c1=O. The first kappa shape index (κ1) is 16.2. The Bertz CT molecular complexity index is 672. The summed E-state index contributed by atoms with van der Waals surface area (Å²) in [7, 11) is 0. The number of aromatic nitrogens is 3. The molecule has 0 aromatic carbocycles. The lowest BCUT2D eigenvalue weighted by Gasteiger charge is -2.12. The van der Waals surface area contributed by atoms with Gasteiger partial charge in [0, 0.05) is 19.6 Å². The fourth-order valence-electron chi connectivity index (χ4n) is 2.21. The molecule has 22 heavy (non-hydrogen) atoms. The van der Waals surface area contributed by atoms with Crippen molar-refractivity contribution < 1.29 is 4.74 Å². The number of rotatable bonds is 9. The van der Waals surface area contributed by atoms with Gasteiger partial charge in [0.2, 0.25) is 0 Å². The second-order valence-electron chi connectivity index (χ2n) is 5.20. The van der Waals surface area contributed by atoms with Crippen molar-refractivity contribution in [3.8, 4) is 0 Å². The Balaban J connectivity index is 2.46. The normalized spacial score (nSPS) is 16.5. The molecule has 1 aliphatic rings. The van der Waals surface area contributed by atoms with E-state index in [1.165, 1.54) is 0 Å². The van der Waals surface area contributed by atoms with Crippen molar-refractivity contribution in [3.63, 3.8) is 0 Å². The van der Waals surface area contributed by atoms with Gasteiger partial charge in [0.05, 0.1) is 12.7 Å². The number of allylic oxidation sites excluding steroid dienone is 2. The van der Waals surface area contributed by atoms with Crippen molar-refractivity contribution in [2.75, 3.05) is 6.61 Å². The van der Waals surface area contributed by atoms with Gasteiger partial charge < -0.3 is 4.74 Å². The van der Waals surface area contributed by atoms with Crippen molar-refractivity contribution >= 4 is 0 Å². The molecular formula is C15H21N3O4. The van der Waals surface area contributed by atoms with Gasteiger partial charge in [-0.3, -0.25) is 0 Å². The predicted octanol–water partition coefficient (Wildman–Crippen LogP) is 0.113. The second kappa shape index (κ2) is 7.22. The molecule has 120 valence electrons. The van der Waals surface area contributed by atoms with Gasteiger partial charge >= 0.3 is 17.1 Å². The van der Waals surface area contributed by atoms with Crippen molar-refractivity contribution in [1.82, 2.24) is 13.7 Å². The number of ether oxygens (including phenoxy) is 1. The maximum atomic E-state index is 12.4. The summed E-state index contributed by atoms with van der Waals surface area (Å²) in [5, 5.41) is 0. The van der Waals surface area contributed by atoms with E-state index in [1.807, 2.05) is 0 Å². The highest BCUT2D eigenvalue weighted by atomic mass is 16.6. The Morgan fingerprint density at radius 1 is 0.909 bits per heavy atom. The van der Waals surface area contributed by atoms with Crippen molar-refractivity contribution in [2.45, 2.75) is 45.0 Å². The minimum atomic E-state index is -0.572. The van der Waals surface area contributed by atoms with Gasteiger partial charge in [-0.2, -0.15) is 0 Å². The minimum Gasteiger partial charge on any atom is -0.373 e. The topological polar surface area (TPSA) is 78.5 Å². The lowest BCUT2D eigenvalue weighted by atomic mass is 10.3. The Kier molecular flexibility index (Phi) is 5.32. The van der Waals surface area contributed by atoms with Crippen LogP contribution in [-0.4, -0.2) is 26.4 Å². The summed E-state index contributed by atoms with van der Waals surface area (Å²) in [5.41, 5.74) is -1.70. The Labute approximate surface area is 127 Å². The molecule has 0 aliphatic carbocycles. The van der Waals surface area contributed by atoms with Crippen molar-refractivity contribution in [3.05, 3.63) is 56.8 Å². The van der Waals surface area contributed by atoms with Gasteiger partial charge in [-0.1, -0.05) is 12.2 Å². The van der Waals surface area contributed by atoms with E-state index >= 15 is 0 Å². The molecule has 1 aromatic rings. The highest BCUT2D eigenvalue weighted by molar-refractivity contribution is 4.83. The zero-order valence-electron chi connectivity index (χ0n) is 12.6. The molecule has 0 amide bonds. The molecular weight excluding hydrogens is 286 g/mol. The predicted molar refractivity (Wildman–Crippen MR) is 83.2 cm³/mol. The molecule has 0 radical (unpaired) electrons. The van der Waals surface area contributed by atoms with Crippen LogP contribution in [0.2, 0.25) is 0 Å². The third-order valence-corrected chi connectivity index (χ3v) is 3.58. The Morgan fingerprint density at radius 3 is 1.68 bits per heavy atom. The maximum absolute atomic E-state index is 12.4. The molecule has 1 aliphatic heterocycles. The van der Waals surface area contributed by atoms with Gasteiger partial charge in [0.1, 0.15) is 0 Å². The molecule has 1 aromatic heterocycles. The average molecular weight is 307 g/mol. The van der Waals surface area contributed by atoms with E-state index in [0.717, 1.165) is 13.7 Å². The summed E-state index contributed by atoms with van der Waals surface area (Å²) in [5.74, 6) is 0. The van der Waals surface area contributed by atoms with Crippen molar-refractivity contribution in [2.24, 2.45) is 0 Å². The summed E-state index contributed by atoms with van der Waals surface area (Å²) < 4.78 is 8.42. The zero-order chi connectivity index (χ0) is 16.1. The molecule has 2 rings (SSSR count). The van der Waals surface area contributed by atoms with Crippen LogP contribution in [0.5, 0.6) is 0 Å². The van der Waals surface area contributed by atoms with Gasteiger partial charge in [0.25, 0.3) is 0 Å². The first-order valence-electron chi connectivity index (χ1n) is 7.38. The summed E-state index contributed by atoms with van der Waals surface area (Å²) in [4.78, 5) is 37.1. The molecule has 0 bridgehead atoms. The summed E-state index contributed by atoms with van der Waals surface area (Å²) in [6.45, 7) is 8.54. The lowest BCUT2D eigenvalue weighted by molar-refractivity contribution is 0.370. The number of nitrogens with zero attached hydrogens (tertiary/aromatic N) is 3. The average Bonchev–Trinajstić information content (AvgIpc) is 3.31. The fraction of sp³-hybridized carbons (Fsp3) is 0.533. The van der Waals surface area contributed by atoms with E-state index in [1.54, 1.807) is 12.2 Å². The quantitative estimate of drug-likeness (QED) is 0.479. The van der Waals surface area contributed by atoms with Crippen LogP contribution >= 0.6 is 0 Å². The monoisotopic (exact) mass is 307 g/mol. The first-order chi connectivity index (χ1) is 10.6. The Morgan fingerprint density at radius 2 is 1.32 bits per heavy atom. The van der Waals surface area contributed by atoms with Crippen LogP contribution in [0.4, 0.5) is 0 Å². The van der Waals surface area contributed by atoms with Crippen LogP contribution in [0, 0.1) is 0 Å². The maximum Gasteiger partial charge on any atom is 0.336 e. The van der Waals surface area contributed by atoms with Crippen LogP contribution in [0.3, 0.4) is 0 Å². The number of hydrogen-bond donors (Lipinski definition) is 0. The minimum absolute atomic E-state index is 0.112. The third kappa shape index (κ3) is 3.54. The molecule has 7 heteroatoms. The Hall–Kier alpha value is -2.15. The number of epoxide rings is 1. The van der Waals surface area contributed by atoms with Gasteiger partial charge in [-0.15, -0.1) is 13.2 Å². The molecule has 2 heterocycles. The highest BCUT2D eigenvalue weighted by Gasteiger charge is 2.23. The van der Waals surface area contributed by atoms with Crippen LogP contribution in [-0.2, 0) is 24.4 Å². The van der Waals surface area contributed by atoms with Crippen LogP contribution in [0.1, 0.15) is 19.3 Å². The van der Waals surface area contributed by atoms with Gasteiger partial charge in [-0.05, 0) is 19.3 Å². The highest BCUT2D eigenvalue weighted by Crippen LogP contribution is 2.13. The number of hydrogen-bond acceptors (Lipinski definition) is 4. The van der Waals surface area contributed by atoms with E-state index in [9.17, 15) is 14.4 Å². The largest absolute Gasteiger partial charge is 0.373 e. The molecule has 1 unspecified atom stereocenters. The van der Waals surface area contributed by atoms with Gasteiger partial charge in [0.15, 0.2) is 0 Å². The van der Waals surface area contributed by atoms with E-state index in [-0.39, 0.29) is 25.7 Å². The molecule has 1 fully saturated rings. The van der Waals surface area contributed by atoms with Gasteiger partial charge in [-0.25, -0.2) is 28.1 Å². The molecule has 0 spiro atoms. The third-order valence-electron chi connectivity index (χ3n) is 3.58. The first-order valence-corrected chi connectivity index (χ1v) is 7.38. The smallest absolute Gasteiger partial charge is 0.336 e. The molecule has 1 atom stereocenters. The van der Waals surface area contributed by atoms with E-state index in [4.69, 9.17) is 4.74 Å². The standard InChI is InChI=1S/C15H21N3O4/c1-3-5-8-16-13(19)17(9-6-4-2)15(21)18(14(16)20)10-7-12-11-22-12/h3-4,12H,1-2,5-11H2. The second-order valence-corrected chi connectivity index (χ2v) is 5.20. The molecule has 7 nitrogen and oxygen atoms in total. The summed E-state index contributed by atoms with van der Waals surface area (Å²) >= 11 is 0.